The molecule has 2 aromatic carbocycles. The van der Waals surface area contributed by atoms with E-state index in [1.807, 2.05) is 18.2 Å². The Hall–Kier alpha value is -2.18. The van der Waals surface area contributed by atoms with Gasteiger partial charge in [0.15, 0.2) is 0 Å². The van der Waals surface area contributed by atoms with Gasteiger partial charge in [0.25, 0.3) is 0 Å². The number of carbonyl (C=O) groups is 1. The SMILES string of the molecule is CCCN(CCC)CCCc1cc(NC(=O)C=Cc2ccc(F)c(Br)c2)ccc1OC. The van der Waals surface area contributed by atoms with Crippen molar-refractivity contribution in [2.45, 2.75) is 39.5 Å². The molecule has 1 N–H and O–H groups in total. The van der Waals surface area contributed by atoms with Gasteiger partial charge in [-0.25, -0.2) is 4.39 Å². The van der Waals surface area contributed by atoms with Gasteiger partial charge in [-0.05, 0) is 109 Å². The second-order valence-corrected chi connectivity index (χ2v) is 8.32. The molecule has 6 heteroatoms. The van der Waals surface area contributed by atoms with E-state index >= 15 is 0 Å². The third-order valence-electron chi connectivity index (χ3n) is 4.92. The lowest BCUT2D eigenvalue weighted by molar-refractivity contribution is -0.111. The maximum atomic E-state index is 13.3. The molecule has 0 spiro atoms. The quantitative estimate of drug-likeness (QED) is 0.354. The lowest BCUT2D eigenvalue weighted by atomic mass is 10.1. The van der Waals surface area contributed by atoms with Crippen molar-refractivity contribution in [3.05, 3.63) is 63.9 Å². The van der Waals surface area contributed by atoms with Crippen LogP contribution in [0.25, 0.3) is 6.08 Å². The zero-order valence-electron chi connectivity index (χ0n) is 18.6. The van der Waals surface area contributed by atoms with Gasteiger partial charge in [-0.2, -0.15) is 0 Å². The molecule has 0 aromatic heterocycles. The third kappa shape index (κ3) is 8.46. The number of anilines is 1. The number of nitrogens with one attached hydrogen (secondary N) is 1. The maximum Gasteiger partial charge on any atom is 0.248 e. The van der Waals surface area contributed by atoms with E-state index in [4.69, 9.17) is 4.74 Å². The number of nitrogens with zero attached hydrogens (tertiary/aromatic N) is 1. The average molecular weight is 491 g/mol. The topological polar surface area (TPSA) is 41.6 Å². The molecule has 0 atom stereocenters. The van der Waals surface area contributed by atoms with Crippen molar-refractivity contribution in [3.63, 3.8) is 0 Å². The van der Waals surface area contributed by atoms with Crippen molar-refractivity contribution < 1.29 is 13.9 Å². The molecule has 0 radical (unpaired) electrons. The second-order valence-electron chi connectivity index (χ2n) is 7.47. The molecule has 168 valence electrons. The second kappa shape index (κ2) is 13.3. The summed E-state index contributed by atoms with van der Waals surface area (Å²) < 4.78 is 19.2. The molecule has 0 heterocycles. The molecule has 31 heavy (non-hydrogen) atoms. The van der Waals surface area contributed by atoms with Crippen LogP contribution in [0.15, 0.2) is 46.9 Å². The number of rotatable bonds is 12. The lowest BCUT2D eigenvalue weighted by Crippen LogP contribution is -2.26. The highest BCUT2D eigenvalue weighted by molar-refractivity contribution is 9.10. The van der Waals surface area contributed by atoms with Crippen LogP contribution in [0.4, 0.5) is 10.1 Å². The Morgan fingerprint density at radius 3 is 2.52 bits per heavy atom. The Morgan fingerprint density at radius 1 is 1.13 bits per heavy atom. The van der Waals surface area contributed by atoms with Crippen LogP contribution < -0.4 is 10.1 Å². The minimum atomic E-state index is -0.333. The lowest BCUT2D eigenvalue weighted by Gasteiger charge is -2.21. The highest BCUT2D eigenvalue weighted by atomic mass is 79.9. The van der Waals surface area contributed by atoms with Crippen molar-refractivity contribution in [2.24, 2.45) is 0 Å². The Balaban J connectivity index is 1.99. The van der Waals surface area contributed by atoms with Crippen LogP contribution in [-0.4, -0.2) is 37.6 Å². The summed E-state index contributed by atoms with van der Waals surface area (Å²) in [6.07, 6.45) is 7.33. The van der Waals surface area contributed by atoms with Gasteiger partial charge in [-0.15, -0.1) is 0 Å². The molecular weight excluding hydrogens is 459 g/mol. The van der Waals surface area contributed by atoms with Crippen LogP contribution in [0.5, 0.6) is 5.75 Å². The van der Waals surface area contributed by atoms with Crippen LogP contribution in [0, 0.1) is 5.82 Å². The highest BCUT2D eigenvalue weighted by Crippen LogP contribution is 2.24. The van der Waals surface area contributed by atoms with Gasteiger partial charge >= 0.3 is 0 Å². The number of methoxy groups -OCH3 is 1. The minimum absolute atomic E-state index is 0.242. The smallest absolute Gasteiger partial charge is 0.248 e. The molecular formula is C25H32BrFN2O2. The maximum absolute atomic E-state index is 13.3. The largest absolute Gasteiger partial charge is 0.496 e. The van der Waals surface area contributed by atoms with Crippen molar-refractivity contribution in [1.29, 1.82) is 0 Å². The summed E-state index contributed by atoms with van der Waals surface area (Å²) in [5.41, 5.74) is 2.55. The zero-order valence-corrected chi connectivity index (χ0v) is 20.2. The zero-order chi connectivity index (χ0) is 22.6. The summed E-state index contributed by atoms with van der Waals surface area (Å²) in [6, 6.07) is 10.3. The van der Waals surface area contributed by atoms with E-state index in [0.717, 1.165) is 67.9 Å². The van der Waals surface area contributed by atoms with E-state index in [-0.39, 0.29) is 11.7 Å². The summed E-state index contributed by atoms with van der Waals surface area (Å²) in [5.74, 6) is 0.260. The van der Waals surface area contributed by atoms with Crippen LogP contribution in [0.2, 0.25) is 0 Å². The molecule has 1 amide bonds. The van der Waals surface area contributed by atoms with Gasteiger partial charge in [0.05, 0.1) is 11.6 Å². The van der Waals surface area contributed by atoms with Crippen molar-refractivity contribution in [1.82, 2.24) is 4.90 Å². The fraction of sp³-hybridized carbons (Fsp3) is 0.400. The summed E-state index contributed by atoms with van der Waals surface area (Å²) >= 11 is 3.15. The molecule has 0 fully saturated rings. The fourth-order valence-electron chi connectivity index (χ4n) is 3.48. The number of hydrogen-bond acceptors (Lipinski definition) is 3. The summed E-state index contributed by atoms with van der Waals surface area (Å²) in [6.45, 7) is 7.72. The van der Waals surface area contributed by atoms with Crippen LogP contribution in [-0.2, 0) is 11.2 Å². The van der Waals surface area contributed by atoms with Gasteiger partial charge < -0.3 is 15.0 Å². The molecule has 0 unspecified atom stereocenters. The minimum Gasteiger partial charge on any atom is -0.496 e. The number of amides is 1. The number of carbonyl (C=O) groups excluding carboxylic acids is 1. The standard InChI is InChI=1S/C25H32BrFN2O2/c1-4-14-29(15-5-2)16-6-7-20-18-21(10-12-24(20)31-3)28-25(30)13-9-19-8-11-23(27)22(26)17-19/h8-13,17-18H,4-7,14-16H2,1-3H3,(H,28,30). The van der Waals surface area contributed by atoms with Gasteiger partial charge in [0.2, 0.25) is 5.91 Å². The number of benzene rings is 2. The summed E-state index contributed by atoms with van der Waals surface area (Å²) in [5, 5.41) is 2.89. The molecule has 0 aliphatic heterocycles. The predicted molar refractivity (Wildman–Crippen MR) is 130 cm³/mol. The monoisotopic (exact) mass is 490 g/mol. The van der Waals surface area contributed by atoms with E-state index in [9.17, 15) is 9.18 Å². The number of ether oxygens (including phenoxy) is 1. The van der Waals surface area contributed by atoms with E-state index in [2.05, 4.69) is 40.0 Å². The van der Waals surface area contributed by atoms with Crippen LogP contribution in [0.1, 0.15) is 44.2 Å². The fourth-order valence-corrected chi connectivity index (χ4v) is 3.88. The third-order valence-corrected chi connectivity index (χ3v) is 5.53. The number of hydrogen-bond donors (Lipinski definition) is 1. The molecule has 2 aromatic rings. The molecule has 2 rings (SSSR count). The summed E-state index contributed by atoms with van der Waals surface area (Å²) in [7, 11) is 1.67. The average Bonchev–Trinajstić information content (AvgIpc) is 2.75. The van der Waals surface area contributed by atoms with E-state index in [1.54, 1.807) is 25.3 Å². The first-order valence-corrected chi connectivity index (χ1v) is 11.6. The number of aryl methyl sites for hydroxylation is 1. The van der Waals surface area contributed by atoms with E-state index in [1.165, 1.54) is 12.1 Å². The first-order valence-electron chi connectivity index (χ1n) is 10.8. The number of halogens is 2. The Morgan fingerprint density at radius 2 is 1.87 bits per heavy atom. The predicted octanol–water partition coefficient (Wildman–Crippen LogP) is 6.30. The molecule has 0 aliphatic rings. The van der Waals surface area contributed by atoms with Gasteiger partial charge in [0, 0.05) is 11.8 Å². The molecule has 0 saturated heterocycles. The van der Waals surface area contributed by atoms with Gasteiger partial charge in [-0.1, -0.05) is 19.9 Å². The van der Waals surface area contributed by atoms with E-state index in [0.29, 0.717) is 4.47 Å². The molecule has 4 nitrogen and oxygen atoms in total. The van der Waals surface area contributed by atoms with Gasteiger partial charge in [0.1, 0.15) is 11.6 Å². The Kier molecular flexibility index (Phi) is 10.7. The molecule has 0 bridgehead atoms. The van der Waals surface area contributed by atoms with Gasteiger partial charge in [-0.3, -0.25) is 4.79 Å². The van der Waals surface area contributed by atoms with Crippen molar-refractivity contribution in [2.75, 3.05) is 32.1 Å². The molecule has 0 saturated carbocycles. The first-order chi connectivity index (χ1) is 15.0. The molecule has 0 aliphatic carbocycles. The van der Waals surface area contributed by atoms with Crippen LogP contribution >= 0.6 is 15.9 Å². The van der Waals surface area contributed by atoms with Crippen molar-refractivity contribution >= 4 is 33.6 Å². The van der Waals surface area contributed by atoms with Crippen LogP contribution in [0.3, 0.4) is 0 Å². The normalized spacial score (nSPS) is 11.3. The van der Waals surface area contributed by atoms with Crippen molar-refractivity contribution in [3.8, 4) is 5.75 Å². The highest BCUT2D eigenvalue weighted by Gasteiger charge is 2.08. The van der Waals surface area contributed by atoms with E-state index < -0.39 is 0 Å². The Bertz CT molecular complexity index is 880. The summed E-state index contributed by atoms with van der Waals surface area (Å²) in [4.78, 5) is 14.8. The Labute approximate surface area is 193 Å². The first kappa shape index (κ1) is 25.1.